The molecule has 4 nitrogen and oxygen atoms in total. The maximum absolute atomic E-state index is 10.7. The maximum Gasteiger partial charge on any atom is 0.209 e. The molecular weight excluding hydrogens is 192 g/mol. The number of morpholine rings is 1. The van der Waals surface area contributed by atoms with Gasteiger partial charge in [-0.2, -0.15) is 0 Å². The first-order valence-electron chi connectivity index (χ1n) is 5.92. The third-order valence-electron chi connectivity index (χ3n) is 3.78. The van der Waals surface area contributed by atoms with E-state index in [0.29, 0.717) is 6.04 Å². The first-order chi connectivity index (χ1) is 7.36. The first kappa shape index (κ1) is 9.60. The minimum atomic E-state index is 0.266. The third-order valence-corrected chi connectivity index (χ3v) is 3.78. The van der Waals surface area contributed by atoms with Gasteiger partial charge in [-0.15, -0.1) is 0 Å². The summed E-state index contributed by atoms with van der Waals surface area (Å²) < 4.78 is 5.72. The minimum Gasteiger partial charge on any atom is -0.373 e. The molecule has 1 amide bonds. The second-order valence-electron chi connectivity index (χ2n) is 4.97. The highest BCUT2D eigenvalue weighted by molar-refractivity contribution is 5.48. The van der Waals surface area contributed by atoms with Crippen molar-refractivity contribution in [1.82, 2.24) is 9.80 Å². The van der Waals surface area contributed by atoms with Crippen LogP contribution in [0.1, 0.15) is 12.8 Å². The van der Waals surface area contributed by atoms with Gasteiger partial charge in [0.2, 0.25) is 6.41 Å². The highest BCUT2D eigenvalue weighted by Gasteiger charge is 2.41. The van der Waals surface area contributed by atoms with Crippen LogP contribution >= 0.6 is 0 Å². The van der Waals surface area contributed by atoms with Gasteiger partial charge in [0.25, 0.3) is 0 Å². The molecule has 0 aromatic rings. The molecule has 15 heavy (non-hydrogen) atoms. The topological polar surface area (TPSA) is 32.8 Å². The molecule has 4 heteroatoms. The quantitative estimate of drug-likeness (QED) is 0.612. The molecule has 2 aliphatic heterocycles. The molecule has 2 unspecified atom stereocenters. The first-order valence-corrected chi connectivity index (χ1v) is 5.92. The van der Waals surface area contributed by atoms with E-state index in [0.717, 1.165) is 38.6 Å². The summed E-state index contributed by atoms with van der Waals surface area (Å²) >= 11 is 0. The number of amides is 1. The van der Waals surface area contributed by atoms with E-state index in [4.69, 9.17) is 4.74 Å². The van der Waals surface area contributed by atoms with Crippen LogP contribution in [-0.4, -0.2) is 61.1 Å². The summed E-state index contributed by atoms with van der Waals surface area (Å²) in [6.45, 7) is 4.75. The lowest BCUT2D eigenvalue weighted by Crippen LogP contribution is -2.51. The average Bonchev–Trinajstić information content (AvgIpc) is 2.96. The molecule has 3 rings (SSSR count). The predicted molar refractivity (Wildman–Crippen MR) is 55.5 cm³/mol. The van der Waals surface area contributed by atoms with E-state index in [2.05, 4.69) is 4.90 Å². The Kier molecular flexibility index (Phi) is 2.41. The third kappa shape index (κ3) is 1.88. The zero-order valence-corrected chi connectivity index (χ0v) is 8.97. The Hall–Kier alpha value is -0.610. The SMILES string of the molecule is O=CN1CC2OCCN(CC3CC3)C2C1. The zero-order valence-electron chi connectivity index (χ0n) is 8.97. The number of rotatable bonds is 3. The monoisotopic (exact) mass is 210 g/mol. The lowest BCUT2D eigenvalue weighted by molar-refractivity contribution is -0.117. The van der Waals surface area contributed by atoms with Gasteiger partial charge in [-0.05, 0) is 18.8 Å². The number of hydrogen-bond acceptors (Lipinski definition) is 3. The molecule has 0 radical (unpaired) electrons. The fourth-order valence-corrected chi connectivity index (χ4v) is 2.73. The molecule has 2 saturated heterocycles. The number of carbonyl (C=O) groups excluding carboxylic acids is 1. The normalized spacial score (nSPS) is 36.7. The number of likely N-dealkylation sites (tertiary alicyclic amines) is 1. The highest BCUT2D eigenvalue weighted by atomic mass is 16.5. The second-order valence-corrected chi connectivity index (χ2v) is 4.97. The Labute approximate surface area is 90.2 Å². The van der Waals surface area contributed by atoms with Gasteiger partial charge in [-0.25, -0.2) is 0 Å². The maximum atomic E-state index is 10.7. The van der Waals surface area contributed by atoms with Gasteiger partial charge < -0.3 is 9.64 Å². The Morgan fingerprint density at radius 1 is 1.33 bits per heavy atom. The average molecular weight is 210 g/mol. The highest BCUT2D eigenvalue weighted by Crippen LogP contribution is 2.32. The van der Waals surface area contributed by atoms with E-state index in [-0.39, 0.29) is 6.10 Å². The van der Waals surface area contributed by atoms with E-state index in [1.807, 2.05) is 4.90 Å². The van der Waals surface area contributed by atoms with Crippen molar-refractivity contribution in [3.63, 3.8) is 0 Å². The molecule has 3 fully saturated rings. The van der Waals surface area contributed by atoms with Crippen molar-refractivity contribution in [3.05, 3.63) is 0 Å². The Balaban J connectivity index is 1.65. The molecule has 84 valence electrons. The molecule has 2 heterocycles. The summed E-state index contributed by atoms with van der Waals surface area (Å²) in [5, 5.41) is 0. The Morgan fingerprint density at radius 3 is 2.93 bits per heavy atom. The number of fused-ring (bicyclic) bond motifs is 1. The number of nitrogens with zero attached hydrogens (tertiary/aromatic N) is 2. The van der Waals surface area contributed by atoms with Crippen molar-refractivity contribution >= 4 is 6.41 Å². The van der Waals surface area contributed by atoms with Gasteiger partial charge >= 0.3 is 0 Å². The van der Waals surface area contributed by atoms with Gasteiger partial charge in [0.05, 0.1) is 18.8 Å². The smallest absolute Gasteiger partial charge is 0.209 e. The molecule has 2 atom stereocenters. The van der Waals surface area contributed by atoms with Crippen LogP contribution in [0.15, 0.2) is 0 Å². The van der Waals surface area contributed by atoms with Gasteiger partial charge in [0, 0.05) is 26.2 Å². The summed E-state index contributed by atoms with van der Waals surface area (Å²) in [5.41, 5.74) is 0. The lowest BCUT2D eigenvalue weighted by Gasteiger charge is -2.36. The van der Waals surface area contributed by atoms with Crippen LogP contribution in [0.2, 0.25) is 0 Å². The van der Waals surface area contributed by atoms with E-state index in [9.17, 15) is 4.79 Å². The lowest BCUT2D eigenvalue weighted by atomic mass is 10.1. The molecule has 1 aliphatic carbocycles. The molecule has 0 aromatic heterocycles. The van der Waals surface area contributed by atoms with Gasteiger partial charge in [-0.1, -0.05) is 0 Å². The molecule has 3 aliphatic rings. The minimum absolute atomic E-state index is 0.266. The van der Waals surface area contributed by atoms with E-state index in [1.165, 1.54) is 19.4 Å². The van der Waals surface area contributed by atoms with Gasteiger partial charge in [-0.3, -0.25) is 9.69 Å². The Morgan fingerprint density at radius 2 is 2.20 bits per heavy atom. The van der Waals surface area contributed by atoms with Crippen LogP contribution in [0.3, 0.4) is 0 Å². The number of ether oxygens (including phenoxy) is 1. The summed E-state index contributed by atoms with van der Waals surface area (Å²) in [4.78, 5) is 15.1. The van der Waals surface area contributed by atoms with Crippen LogP contribution in [0.25, 0.3) is 0 Å². The van der Waals surface area contributed by atoms with E-state index >= 15 is 0 Å². The van der Waals surface area contributed by atoms with Crippen LogP contribution in [0, 0.1) is 5.92 Å². The molecule has 0 aromatic carbocycles. The van der Waals surface area contributed by atoms with Crippen molar-refractivity contribution in [1.29, 1.82) is 0 Å². The standard InChI is InChI=1S/C11H18N2O2/c14-8-12-6-10-11(7-12)15-4-3-13(10)5-9-1-2-9/h8-11H,1-7H2. The van der Waals surface area contributed by atoms with Crippen LogP contribution in [-0.2, 0) is 9.53 Å². The molecule has 1 saturated carbocycles. The number of carbonyl (C=O) groups is 1. The summed E-state index contributed by atoms with van der Waals surface area (Å²) in [6, 6.07) is 0.463. The summed E-state index contributed by atoms with van der Waals surface area (Å²) in [7, 11) is 0. The fourth-order valence-electron chi connectivity index (χ4n) is 2.73. The van der Waals surface area contributed by atoms with Crippen molar-refractivity contribution in [2.45, 2.75) is 25.0 Å². The largest absolute Gasteiger partial charge is 0.373 e. The van der Waals surface area contributed by atoms with Crippen molar-refractivity contribution in [2.75, 3.05) is 32.8 Å². The van der Waals surface area contributed by atoms with Crippen molar-refractivity contribution in [2.24, 2.45) is 5.92 Å². The van der Waals surface area contributed by atoms with Crippen LogP contribution in [0.5, 0.6) is 0 Å². The molecule has 0 bridgehead atoms. The van der Waals surface area contributed by atoms with Crippen LogP contribution < -0.4 is 0 Å². The molecule has 0 spiro atoms. The van der Waals surface area contributed by atoms with E-state index in [1.54, 1.807) is 0 Å². The second kappa shape index (κ2) is 3.76. The van der Waals surface area contributed by atoms with Crippen molar-refractivity contribution in [3.8, 4) is 0 Å². The van der Waals surface area contributed by atoms with E-state index < -0.39 is 0 Å². The summed E-state index contributed by atoms with van der Waals surface area (Å²) in [6.07, 6.45) is 4.01. The van der Waals surface area contributed by atoms with Crippen LogP contribution in [0.4, 0.5) is 0 Å². The predicted octanol–water partition coefficient (Wildman–Crippen LogP) is -0.0622. The fraction of sp³-hybridized carbons (Fsp3) is 0.909. The zero-order chi connectivity index (χ0) is 10.3. The van der Waals surface area contributed by atoms with Gasteiger partial charge in [0.15, 0.2) is 0 Å². The number of hydrogen-bond donors (Lipinski definition) is 0. The molecule has 0 N–H and O–H groups in total. The molecular formula is C11H18N2O2. The van der Waals surface area contributed by atoms with Gasteiger partial charge in [0.1, 0.15) is 0 Å². The summed E-state index contributed by atoms with van der Waals surface area (Å²) in [5.74, 6) is 0.925. The van der Waals surface area contributed by atoms with Crippen molar-refractivity contribution < 1.29 is 9.53 Å². The Bertz CT molecular complexity index is 255.